The maximum absolute atomic E-state index is 3.68. The van der Waals surface area contributed by atoms with Gasteiger partial charge in [0.1, 0.15) is 0 Å². The smallest absolute Gasteiger partial charge is 0.0172 e. The van der Waals surface area contributed by atoms with E-state index in [-0.39, 0.29) is 0 Å². The van der Waals surface area contributed by atoms with Gasteiger partial charge in [-0.3, -0.25) is 0 Å². The van der Waals surface area contributed by atoms with Crippen LogP contribution < -0.4 is 0 Å². The lowest BCUT2D eigenvalue weighted by Gasteiger charge is -1.91. The first-order chi connectivity index (χ1) is 5.41. The number of unbranched alkanes of at least 4 members (excludes halogenated alkanes) is 3. The maximum Gasteiger partial charge on any atom is -0.0172 e. The minimum Gasteiger partial charge on any atom is -0.103 e. The minimum atomic E-state index is 1.00. The molecule has 0 bridgehead atoms. The van der Waals surface area contributed by atoms with E-state index in [9.17, 15) is 0 Å². The van der Waals surface area contributed by atoms with E-state index in [2.05, 4.69) is 25.3 Å². The maximum atomic E-state index is 3.68. The van der Waals surface area contributed by atoms with Gasteiger partial charge in [-0.1, -0.05) is 24.3 Å². The molecule has 0 saturated heterocycles. The number of allylic oxidation sites excluding steroid dienone is 4. The Morgan fingerprint density at radius 2 is 1.55 bits per heavy atom. The van der Waals surface area contributed by atoms with Crippen molar-refractivity contribution in [1.29, 1.82) is 0 Å². The SMILES string of the molecule is C=CC/C=C/CCCCC=C. The largest absolute Gasteiger partial charge is 0.103 e. The van der Waals surface area contributed by atoms with Crippen molar-refractivity contribution in [2.75, 3.05) is 0 Å². The summed E-state index contributed by atoms with van der Waals surface area (Å²) in [4.78, 5) is 0. The Balaban J connectivity index is 3.00. The van der Waals surface area contributed by atoms with Crippen LogP contribution in [0.15, 0.2) is 37.5 Å². The van der Waals surface area contributed by atoms with E-state index >= 15 is 0 Å². The average Bonchev–Trinajstić information content (AvgIpc) is 2.03. The fraction of sp³-hybridized carbons (Fsp3) is 0.455. The van der Waals surface area contributed by atoms with Crippen molar-refractivity contribution >= 4 is 0 Å². The summed E-state index contributed by atoms with van der Waals surface area (Å²) in [5.41, 5.74) is 0. The van der Waals surface area contributed by atoms with E-state index in [1.807, 2.05) is 12.2 Å². The molecule has 0 aliphatic carbocycles. The molecule has 0 N–H and O–H groups in total. The monoisotopic (exact) mass is 150 g/mol. The molecule has 0 aliphatic heterocycles. The van der Waals surface area contributed by atoms with E-state index < -0.39 is 0 Å². The summed E-state index contributed by atoms with van der Waals surface area (Å²) < 4.78 is 0. The molecular weight excluding hydrogens is 132 g/mol. The zero-order chi connectivity index (χ0) is 8.36. The van der Waals surface area contributed by atoms with Crippen molar-refractivity contribution < 1.29 is 0 Å². The predicted octanol–water partition coefficient (Wildman–Crippen LogP) is 3.87. The van der Waals surface area contributed by atoms with Crippen LogP contribution in [0.1, 0.15) is 32.1 Å². The molecule has 0 nitrogen and oxygen atoms in total. The number of rotatable bonds is 7. The highest BCUT2D eigenvalue weighted by molar-refractivity contribution is 4.88. The lowest BCUT2D eigenvalue weighted by atomic mass is 10.2. The molecule has 0 aromatic heterocycles. The Labute approximate surface area is 70.3 Å². The molecule has 0 aromatic carbocycles. The molecule has 0 atom stereocenters. The zero-order valence-corrected chi connectivity index (χ0v) is 7.26. The van der Waals surface area contributed by atoms with Crippen molar-refractivity contribution in [1.82, 2.24) is 0 Å². The molecule has 0 spiro atoms. The highest BCUT2D eigenvalue weighted by Gasteiger charge is 1.81. The van der Waals surface area contributed by atoms with E-state index in [1.165, 1.54) is 19.3 Å². The summed E-state index contributed by atoms with van der Waals surface area (Å²) in [6.45, 7) is 7.32. The van der Waals surface area contributed by atoms with Crippen molar-refractivity contribution in [3.05, 3.63) is 37.5 Å². The fourth-order valence-electron chi connectivity index (χ4n) is 0.861. The quantitative estimate of drug-likeness (QED) is 0.382. The molecule has 0 rings (SSSR count). The van der Waals surface area contributed by atoms with Crippen molar-refractivity contribution in [2.45, 2.75) is 32.1 Å². The van der Waals surface area contributed by atoms with Crippen molar-refractivity contribution in [2.24, 2.45) is 0 Å². The molecule has 0 unspecified atom stereocenters. The van der Waals surface area contributed by atoms with Gasteiger partial charge in [-0.05, 0) is 32.1 Å². The second-order valence-corrected chi connectivity index (χ2v) is 2.57. The molecule has 0 aromatic rings. The molecule has 11 heavy (non-hydrogen) atoms. The van der Waals surface area contributed by atoms with Crippen LogP contribution in [0.25, 0.3) is 0 Å². The molecular formula is C11H18. The third-order valence-corrected chi connectivity index (χ3v) is 1.50. The second-order valence-electron chi connectivity index (χ2n) is 2.57. The van der Waals surface area contributed by atoms with Crippen molar-refractivity contribution in [3.8, 4) is 0 Å². The van der Waals surface area contributed by atoms with E-state index in [0.29, 0.717) is 0 Å². The zero-order valence-electron chi connectivity index (χ0n) is 7.26. The molecule has 0 aliphatic rings. The molecule has 0 amide bonds. The Kier molecular flexibility index (Phi) is 8.57. The van der Waals surface area contributed by atoms with Crippen LogP contribution >= 0.6 is 0 Å². The van der Waals surface area contributed by atoms with Gasteiger partial charge in [-0.2, -0.15) is 0 Å². The van der Waals surface area contributed by atoms with Crippen LogP contribution in [-0.4, -0.2) is 0 Å². The molecule has 0 fully saturated rings. The Hall–Kier alpha value is -0.780. The summed E-state index contributed by atoms with van der Waals surface area (Å²) in [6, 6.07) is 0. The van der Waals surface area contributed by atoms with E-state index in [1.54, 1.807) is 0 Å². The predicted molar refractivity (Wildman–Crippen MR) is 52.6 cm³/mol. The van der Waals surface area contributed by atoms with Crippen molar-refractivity contribution in [3.63, 3.8) is 0 Å². The molecule has 0 heteroatoms. The fourth-order valence-corrected chi connectivity index (χ4v) is 0.861. The summed E-state index contributed by atoms with van der Waals surface area (Å²) in [5, 5.41) is 0. The summed E-state index contributed by atoms with van der Waals surface area (Å²) in [5.74, 6) is 0. The highest BCUT2D eigenvalue weighted by atomic mass is 13.9. The summed E-state index contributed by atoms with van der Waals surface area (Å²) >= 11 is 0. The van der Waals surface area contributed by atoms with Crippen LogP contribution in [0.4, 0.5) is 0 Å². The van der Waals surface area contributed by atoms with Crippen LogP contribution in [0.5, 0.6) is 0 Å². The topological polar surface area (TPSA) is 0 Å². The first-order valence-corrected chi connectivity index (χ1v) is 4.28. The molecule has 0 saturated carbocycles. The van der Waals surface area contributed by atoms with Crippen LogP contribution in [-0.2, 0) is 0 Å². The minimum absolute atomic E-state index is 1.00. The van der Waals surface area contributed by atoms with Gasteiger partial charge in [0.2, 0.25) is 0 Å². The average molecular weight is 150 g/mol. The van der Waals surface area contributed by atoms with Gasteiger partial charge in [-0.25, -0.2) is 0 Å². The van der Waals surface area contributed by atoms with Gasteiger partial charge in [0.25, 0.3) is 0 Å². The van der Waals surface area contributed by atoms with Crippen LogP contribution in [0.3, 0.4) is 0 Å². The molecule has 62 valence electrons. The van der Waals surface area contributed by atoms with E-state index in [4.69, 9.17) is 0 Å². The van der Waals surface area contributed by atoms with Crippen LogP contribution in [0, 0.1) is 0 Å². The first-order valence-electron chi connectivity index (χ1n) is 4.28. The lowest BCUT2D eigenvalue weighted by Crippen LogP contribution is -1.71. The standard InChI is InChI=1S/C11H18/c1-3-5-7-9-11-10-8-6-4-2/h3-4,7,9H,1-2,5-6,8,10-11H2/b9-7+. The Bertz CT molecular complexity index is 120. The van der Waals surface area contributed by atoms with Crippen LogP contribution in [0.2, 0.25) is 0 Å². The highest BCUT2D eigenvalue weighted by Crippen LogP contribution is 2.01. The van der Waals surface area contributed by atoms with Gasteiger partial charge < -0.3 is 0 Å². The summed E-state index contributed by atoms with van der Waals surface area (Å²) in [7, 11) is 0. The third kappa shape index (κ3) is 9.22. The Morgan fingerprint density at radius 1 is 0.818 bits per heavy atom. The van der Waals surface area contributed by atoms with Gasteiger partial charge in [0.05, 0.1) is 0 Å². The first kappa shape index (κ1) is 10.2. The molecule has 0 radical (unpaired) electrons. The summed E-state index contributed by atoms with van der Waals surface area (Å²) in [6.07, 6.45) is 14.2. The number of hydrogen-bond donors (Lipinski definition) is 0. The normalized spacial score (nSPS) is 10.2. The number of hydrogen-bond acceptors (Lipinski definition) is 0. The second kappa shape index (κ2) is 9.22. The van der Waals surface area contributed by atoms with Gasteiger partial charge in [-0.15, -0.1) is 13.2 Å². The Morgan fingerprint density at radius 3 is 2.18 bits per heavy atom. The third-order valence-electron chi connectivity index (χ3n) is 1.50. The van der Waals surface area contributed by atoms with Gasteiger partial charge in [0.15, 0.2) is 0 Å². The molecule has 0 heterocycles. The van der Waals surface area contributed by atoms with Gasteiger partial charge in [0, 0.05) is 0 Å². The van der Waals surface area contributed by atoms with Gasteiger partial charge >= 0.3 is 0 Å². The van der Waals surface area contributed by atoms with E-state index in [0.717, 1.165) is 12.8 Å². The lowest BCUT2D eigenvalue weighted by molar-refractivity contribution is 0.762.